The number of likely N-dealkylation sites (N-methyl/N-ethyl adjacent to an activating group) is 1. The van der Waals surface area contributed by atoms with Gasteiger partial charge in [-0.3, -0.25) is 0 Å². The molecule has 0 amide bonds. The van der Waals surface area contributed by atoms with E-state index in [0.29, 0.717) is 12.6 Å². The van der Waals surface area contributed by atoms with Crippen LogP contribution in [0.1, 0.15) is 38.2 Å². The van der Waals surface area contributed by atoms with Crippen LogP contribution in [0.3, 0.4) is 0 Å². The molecule has 0 aromatic heterocycles. The molecule has 20 heavy (non-hydrogen) atoms. The summed E-state index contributed by atoms with van der Waals surface area (Å²) in [6, 6.07) is 8.67. The molecule has 1 aromatic rings. The van der Waals surface area contributed by atoms with Gasteiger partial charge in [-0.15, -0.1) is 0 Å². The first-order chi connectivity index (χ1) is 9.61. The van der Waals surface area contributed by atoms with Gasteiger partial charge < -0.3 is 15.4 Å². The van der Waals surface area contributed by atoms with Crippen LogP contribution in [0.4, 0.5) is 5.69 Å². The van der Waals surface area contributed by atoms with Crippen molar-refractivity contribution in [2.45, 2.75) is 51.2 Å². The van der Waals surface area contributed by atoms with Crippen molar-refractivity contribution < 1.29 is 4.74 Å². The van der Waals surface area contributed by atoms with E-state index in [-0.39, 0.29) is 5.54 Å². The lowest BCUT2D eigenvalue weighted by atomic mass is 9.83. The van der Waals surface area contributed by atoms with Crippen LogP contribution in [-0.2, 0) is 4.74 Å². The van der Waals surface area contributed by atoms with Crippen LogP contribution < -0.4 is 10.6 Å². The lowest BCUT2D eigenvalue weighted by Crippen LogP contribution is -2.57. The number of nitrogens with zero attached hydrogens (tertiary/aromatic N) is 1. The van der Waals surface area contributed by atoms with Gasteiger partial charge in [0, 0.05) is 25.9 Å². The van der Waals surface area contributed by atoms with Crippen LogP contribution in [0.15, 0.2) is 24.3 Å². The molecule has 2 N–H and O–H groups in total. The Balaban J connectivity index is 2.21. The minimum absolute atomic E-state index is 0.0336. The summed E-state index contributed by atoms with van der Waals surface area (Å²) in [6.07, 6.45) is 4.68. The molecule has 3 nitrogen and oxygen atoms in total. The van der Waals surface area contributed by atoms with Gasteiger partial charge in [0.15, 0.2) is 0 Å². The average Bonchev–Trinajstić information content (AvgIpc) is 2.47. The first-order valence-electron chi connectivity index (χ1n) is 7.73. The zero-order chi connectivity index (χ0) is 14.6. The lowest BCUT2D eigenvalue weighted by Gasteiger charge is -2.47. The van der Waals surface area contributed by atoms with Gasteiger partial charge in [-0.25, -0.2) is 0 Å². The number of hydrogen-bond acceptors (Lipinski definition) is 3. The number of anilines is 1. The molecule has 1 aromatic carbocycles. The quantitative estimate of drug-likeness (QED) is 0.898. The van der Waals surface area contributed by atoms with Crippen molar-refractivity contribution in [3.05, 3.63) is 29.8 Å². The van der Waals surface area contributed by atoms with E-state index in [1.807, 2.05) is 0 Å². The molecule has 1 heterocycles. The zero-order valence-electron chi connectivity index (χ0n) is 13.1. The second-order valence-corrected chi connectivity index (χ2v) is 6.06. The predicted molar refractivity (Wildman–Crippen MR) is 85.2 cm³/mol. The fourth-order valence-electron chi connectivity index (χ4n) is 3.25. The molecule has 1 aliphatic rings. The summed E-state index contributed by atoms with van der Waals surface area (Å²) < 4.78 is 5.90. The molecule has 0 radical (unpaired) electrons. The van der Waals surface area contributed by atoms with Gasteiger partial charge in [0.1, 0.15) is 0 Å². The van der Waals surface area contributed by atoms with E-state index in [0.717, 1.165) is 25.9 Å². The van der Waals surface area contributed by atoms with E-state index in [1.54, 1.807) is 0 Å². The van der Waals surface area contributed by atoms with Crippen molar-refractivity contribution in [2.75, 3.05) is 25.1 Å². The number of aryl methyl sites for hydroxylation is 1. The van der Waals surface area contributed by atoms with Gasteiger partial charge in [-0.05, 0) is 43.9 Å². The van der Waals surface area contributed by atoms with Crippen LogP contribution in [0.5, 0.6) is 0 Å². The Hall–Kier alpha value is -1.06. The highest BCUT2D eigenvalue weighted by molar-refractivity contribution is 5.50. The van der Waals surface area contributed by atoms with Crippen LogP contribution in [0.2, 0.25) is 0 Å². The standard InChI is InChI=1S/C17H28N2O/c1-4-6-16-12-17(13-18,9-10-20-16)19(3)15-8-5-7-14(2)11-15/h5,7-8,11,16H,4,6,9-10,12-13,18H2,1-3H3. The molecule has 2 atom stereocenters. The largest absolute Gasteiger partial charge is 0.378 e. The molecular formula is C17H28N2O. The van der Waals surface area contributed by atoms with Gasteiger partial charge >= 0.3 is 0 Å². The maximum absolute atomic E-state index is 6.18. The minimum atomic E-state index is 0.0336. The van der Waals surface area contributed by atoms with Gasteiger partial charge in [0.2, 0.25) is 0 Å². The summed E-state index contributed by atoms with van der Waals surface area (Å²) in [6.45, 7) is 5.85. The van der Waals surface area contributed by atoms with E-state index in [4.69, 9.17) is 10.5 Å². The molecule has 0 aliphatic carbocycles. The summed E-state index contributed by atoms with van der Waals surface area (Å²) in [5.41, 5.74) is 8.76. The first-order valence-corrected chi connectivity index (χ1v) is 7.73. The van der Waals surface area contributed by atoms with Gasteiger partial charge in [-0.2, -0.15) is 0 Å². The van der Waals surface area contributed by atoms with Gasteiger partial charge in [-0.1, -0.05) is 25.5 Å². The van der Waals surface area contributed by atoms with E-state index >= 15 is 0 Å². The maximum atomic E-state index is 6.18. The number of nitrogens with two attached hydrogens (primary N) is 1. The summed E-state index contributed by atoms with van der Waals surface area (Å²) >= 11 is 0. The normalized spacial score (nSPS) is 26.5. The van der Waals surface area contributed by atoms with Crippen molar-refractivity contribution in [3.63, 3.8) is 0 Å². The zero-order valence-corrected chi connectivity index (χ0v) is 13.1. The Morgan fingerprint density at radius 3 is 2.90 bits per heavy atom. The third-order valence-corrected chi connectivity index (χ3v) is 4.62. The maximum Gasteiger partial charge on any atom is 0.0597 e. The topological polar surface area (TPSA) is 38.5 Å². The van der Waals surface area contributed by atoms with E-state index < -0.39 is 0 Å². The molecule has 2 rings (SSSR count). The minimum Gasteiger partial charge on any atom is -0.378 e. The summed E-state index contributed by atoms with van der Waals surface area (Å²) in [5.74, 6) is 0. The van der Waals surface area contributed by atoms with E-state index in [9.17, 15) is 0 Å². The fraction of sp³-hybridized carbons (Fsp3) is 0.647. The Kier molecular flexibility index (Phi) is 5.06. The highest BCUT2D eigenvalue weighted by Crippen LogP contribution is 2.34. The third kappa shape index (κ3) is 3.15. The molecule has 0 bridgehead atoms. The number of rotatable bonds is 5. The Labute approximate surface area is 123 Å². The second-order valence-electron chi connectivity index (χ2n) is 6.06. The summed E-state index contributed by atoms with van der Waals surface area (Å²) in [4.78, 5) is 2.38. The highest BCUT2D eigenvalue weighted by atomic mass is 16.5. The Morgan fingerprint density at radius 1 is 1.45 bits per heavy atom. The first kappa shape index (κ1) is 15.3. The SMILES string of the molecule is CCCC1CC(CN)(N(C)c2cccc(C)c2)CCO1. The number of ether oxygens (including phenoxy) is 1. The predicted octanol–water partition coefficient (Wildman–Crippen LogP) is 3.11. The molecule has 0 spiro atoms. The van der Waals surface area contributed by atoms with Crippen LogP contribution >= 0.6 is 0 Å². The average molecular weight is 276 g/mol. The summed E-state index contributed by atoms with van der Waals surface area (Å²) in [7, 11) is 2.18. The van der Waals surface area contributed by atoms with Crippen molar-refractivity contribution in [3.8, 4) is 0 Å². The number of benzene rings is 1. The lowest BCUT2D eigenvalue weighted by molar-refractivity contribution is -0.0216. The van der Waals surface area contributed by atoms with Crippen LogP contribution in [-0.4, -0.2) is 31.8 Å². The monoisotopic (exact) mass is 276 g/mol. The summed E-state index contributed by atoms with van der Waals surface area (Å²) in [5, 5.41) is 0. The molecule has 3 heteroatoms. The van der Waals surface area contributed by atoms with Crippen LogP contribution in [0.25, 0.3) is 0 Å². The van der Waals surface area contributed by atoms with Crippen molar-refractivity contribution in [1.29, 1.82) is 0 Å². The van der Waals surface area contributed by atoms with E-state index in [1.165, 1.54) is 17.7 Å². The third-order valence-electron chi connectivity index (χ3n) is 4.62. The number of hydrogen-bond donors (Lipinski definition) is 1. The van der Waals surface area contributed by atoms with Crippen molar-refractivity contribution >= 4 is 5.69 Å². The highest BCUT2D eigenvalue weighted by Gasteiger charge is 2.39. The molecule has 112 valence electrons. The van der Waals surface area contributed by atoms with Crippen molar-refractivity contribution in [1.82, 2.24) is 0 Å². The Bertz CT molecular complexity index is 433. The van der Waals surface area contributed by atoms with Crippen molar-refractivity contribution in [2.24, 2.45) is 5.73 Å². The molecular weight excluding hydrogens is 248 g/mol. The fourth-order valence-corrected chi connectivity index (χ4v) is 3.25. The van der Waals surface area contributed by atoms with Crippen LogP contribution in [0, 0.1) is 6.92 Å². The van der Waals surface area contributed by atoms with Gasteiger partial charge in [0.05, 0.1) is 11.6 Å². The van der Waals surface area contributed by atoms with E-state index in [2.05, 4.69) is 50.1 Å². The van der Waals surface area contributed by atoms with Gasteiger partial charge in [0.25, 0.3) is 0 Å². The smallest absolute Gasteiger partial charge is 0.0597 e. The Morgan fingerprint density at radius 2 is 2.25 bits per heavy atom. The second kappa shape index (κ2) is 6.59. The molecule has 2 unspecified atom stereocenters. The molecule has 1 fully saturated rings. The molecule has 1 saturated heterocycles. The molecule has 1 aliphatic heterocycles. The molecule has 0 saturated carbocycles.